The van der Waals surface area contributed by atoms with Crippen molar-refractivity contribution in [2.75, 3.05) is 11.4 Å². The number of hydrogen-bond acceptors (Lipinski definition) is 3. The van der Waals surface area contributed by atoms with Gasteiger partial charge in [0.05, 0.1) is 0 Å². The van der Waals surface area contributed by atoms with Crippen LogP contribution in [0.15, 0.2) is 6.07 Å². The van der Waals surface area contributed by atoms with Crippen molar-refractivity contribution in [2.45, 2.75) is 63.3 Å². The van der Waals surface area contributed by atoms with Crippen molar-refractivity contribution in [3.05, 3.63) is 17.0 Å². The van der Waals surface area contributed by atoms with Crippen LogP contribution in [0.3, 0.4) is 0 Å². The molecule has 1 aromatic heterocycles. The second kappa shape index (κ2) is 5.18. The van der Waals surface area contributed by atoms with E-state index in [0.717, 1.165) is 24.1 Å². The quantitative estimate of drug-likeness (QED) is 0.766. The minimum Gasteiger partial charge on any atom is -0.353 e. The van der Waals surface area contributed by atoms with Crippen LogP contribution in [0.5, 0.6) is 0 Å². The molecule has 2 aliphatic carbocycles. The molecule has 3 aliphatic rings. The first-order chi connectivity index (χ1) is 9.81. The Morgan fingerprint density at radius 1 is 1.00 bits per heavy atom. The summed E-state index contributed by atoms with van der Waals surface area (Å²) in [5, 5.41) is 0.620. The highest BCUT2D eigenvalue weighted by Crippen LogP contribution is 2.41. The van der Waals surface area contributed by atoms with Gasteiger partial charge in [0.15, 0.2) is 0 Å². The summed E-state index contributed by atoms with van der Waals surface area (Å²) in [4.78, 5) is 11.8. The zero-order valence-electron chi connectivity index (χ0n) is 11.9. The zero-order valence-corrected chi connectivity index (χ0v) is 12.6. The minimum atomic E-state index is 0.569. The first kappa shape index (κ1) is 12.9. The molecule has 2 atom stereocenters. The summed E-state index contributed by atoms with van der Waals surface area (Å²) in [7, 11) is 0. The maximum Gasteiger partial charge on any atom is 0.135 e. The van der Waals surface area contributed by atoms with Crippen LogP contribution >= 0.6 is 11.6 Å². The first-order valence-electron chi connectivity index (χ1n) is 8.12. The molecule has 0 unspecified atom stereocenters. The Balaban J connectivity index is 1.64. The summed E-state index contributed by atoms with van der Waals surface area (Å²) in [5.74, 6) is 3.50. The van der Waals surface area contributed by atoms with E-state index in [4.69, 9.17) is 16.6 Å². The van der Waals surface area contributed by atoms with Gasteiger partial charge in [-0.25, -0.2) is 9.97 Å². The fraction of sp³-hybridized carbons (Fsp3) is 0.750. The minimum absolute atomic E-state index is 0.569. The molecule has 4 rings (SSSR count). The second-order valence-corrected chi connectivity index (χ2v) is 7.02. The predicted octanol–water partition coefficient (Wildman–Crippen LogP) is 4.17. The highest BCUT2D eigenvalue weighted by molar-refractivity contribution is 6.29. The van der Waals surface area contributed by atoms with Gasteiger partial charge in [-0.05, 0) is 44.4 Å². The summed E-state index contributed by atoms with van der Waals surface area (Å²) < 4.78 is 0. The molecule has 4 heteroatoms. The Morgan fingerprint density at radius 2 is 1.80 bits per heavy atom. The van der Waals surface area contributed by atoms with Gasteiger partial charge in [-0.2, -0.15) is 0 Å². The van der Waals surface area contributed by atoms with Gasteiger partial charge >= 0.3 is 0 Å². The largest absolute Gasteiger partial charge is 0.353 e. The molecule has 0 N–H and O–H groups in total. The number of aromatic nitrogens is 2. The third-order valence-corrected chi connectivity index (χ3v) is 5.37. The molecule has 0 bridgehead atoms. The molecule has 0 aromatic carbocycles. The highest BCUT2D eigenvalue weighted by Gasteiger charge is 2.35. The van der Waals surface area contributed by atoms with E-state index >= 15 is 0 Å². The van der Waals surface area contributed by atoms with Gasteiger partial charge in [0.2, 0.25) is 0 Å². The summed E-state index contributed by atoms with van der Waals surface area (Å²) in [6, 6.07) is 2.67. The number of piperidine rings is 1. The Labute approximate surface area is 125 Å². The van der Waals surface area contributed by atoms with Crippen LogP contribution in [0, 0.1) is 5.92 Å². The van der Waals surface area contributed by atoms with Gasteiger partial charge in [0.1, 0.15) is 16.8 Å². The van der Waals surface area contributed by atoms with Gasteiger partial charge in [-0.15, -0.1) is 0 Å². The van der Waals surface area contributed by atoms with Crippen molar-refractivity contribution in [3.8, 4) is 0 Å². The Hall–Kier alpha value is -0.830. The van der Waals surface area contributed by atoms with Crippen molar-refractivity contribution >= 4 is 17.4 Å². The molecule has 3 fully saturated rings. The lowest BCUT2D eigenvalue weighted by Gasteiger charge is -2.44. The van der Waals surface area contributed by atoms with Crippen molar-refractivity contribution in [2.24, 2.45) is 5.92 Å². The van der Waals surface area contributed by atoms with Gasteiger partial charge in [-0.1, -0.05) is 24.4 Å². The molecule has 1 aliphatic heterocycles. The van der Waals surface area contributed by atoms with Crippen molar-refractivity contribution < 1.29 is 0 Å². The number of rotatable bonds is 2. The lowest BCUT2D eigenvalue weighted by molar-refractivity contribution is 0.242. The lowest BCUT2D eigenvalue weighted by atomic mass is 9.78. The molecule has 0 spiro atoms. The van der Waals surface area contributed by atoms with Crippen LogP contribution in [-0.2, 0) is 0 Å². The second-order valence-electron chi connectivity index (χ2n) is 6.63. The highest BCUT2D eigenvalue weighted by atomic mass is 35.5. The monoisotopic (exact) mass is 291 g/mol. The molecule has 2 saturated carbocycles. The zero-order chi connectivity index (χ0) is 13.5. The maximum atomic E-state index is 6.24. The van der Waals surface area contributed by atoms with Gasteiger partial charge < -0.3 is 4.90 Å². The third kappa shape index (κ3) is 2.41. The molecule has 1 aromatic rings. The van der Waals surface area contributed by atoms with Gasteiger partial charge in [0.25, 0.3) is 0 Å². The number of hydrogen-bond donors (Lipinski definition) is 0. The van der Waals surface area contributed by atoms with Gasteiger partial charge in [0, 0.05) is 24.6 Å². The summed E-state index contributed by atoms with van der Waals surface area (Å²) >= 11 is 6.24. The Morgan fingerprint density at radius 3 is 2.65 bits per heavy atom. The van der Waals surface area contributed by atoms with Crippen LogP contribution in [0.1, 0.15) is 63.1 Å². The standard InChI is InChI=1S/C16H22ClN3/c17-14-10-15(19-16(18-14)12-7-8-12)20-9-3-5-11-4-1-2-6-13(11)20/h10-13H,1-9H2/t11-,13-/m1/s1. The van der Waals surface area contributed by atoms with Gasteiger partial charge in [-0.3, -0.25) is 0 Å². The van der Waals surface area contributed by atoms with E-state index in [2.05, 4.69) is 9.88 Å². The normalized spacial score (nSPS) is 30.1. The third-order valence-electron chi connectivity index (χ3n) is 5.18. The van der Waals surface area contributed by atoms with E-state index in [1.54, 1.807) is 0 Å². The van der Waals surface area contributed by atoms with E-state index < -0.39 is 0 Å². The number of nitrogens with zero attached hydrogens (tertiary/aromatic N) is 3. The van der Waals surface area contributed by atoms with E-state index in [1.165, 1.54) is 51.4 Å². The lowest BCUT2D eigenvalue weighted by Crippen LogP contribution is -2.47. The van der Waals surface area contributed by atoms with Crippen molar-refractivity contribution in [3.63, 3.8) is 0 Å². The summed E-state index contributed by atoms with van der Waals surface area (Å²) in [5.41, 5.74) is 0. The Bertz CT molecular complexity index is 498. The van der Waals surface area contributed by atoms with Crippen LogP contribution in [0.25, 0.3) is 0 Å². The molecule has 20 heavy (non-hydrogen) atoms. The number of fused-ring (bicyclic) bond motifs is 1. The summed E-state index contributed by atoms with van der Waals surface area (Å²) in [6.07, 6.45) is 10.6. The molecule has 3 nitrogen and oxygen atoms in total. The van der Waals surface area contributed by atoms with Crippen LogP contribution < -0.4 is 4.90 Å². The average Bonchev–Trinajstić information content (AvgIpc) is 3.30. The maximum absolute atomic E-state index is 6.24. The first-order valence-corrected chi connectivity index (χ1v) is 8.50. The van der Waals surface area contributed by atoms with Crippen LogP contribution in [-0.4, -0.2) is 22.6 Å². The topological polar surface area (TPSA) is 29.0 Å². The van der Waals surface area contributed by atoms with E-state index in [9.17, 15) is 0 Å². The Kier molecular flexibility index (Phi) is 3.33. The molecule has 108 valence electrons. The molecule has 0 radical (unpaired) electrons. The van der Waals surface area contributed by atoms with E-state index in [-0.39, 0.29) is 0 Å². The molecule has 1 saturated heterocycles. The average molecular weight is 292 g/mol. The molecular formula is C16H22ClN3. The van der Waals surface area contributed by atoms with E-state index in [1.807, 2.05) is 6.07 Å². The molecular weight excluding hydrogens is 270 g/mol. The fourth-order valence-electron chi connectivity index (χ4n) is 4.00. The SMILES string of the molecule is Clc1cc(N2CCC[C@H]3CCCC[C@H]32)nc(C2CC2)n1. The van der Waals surface area contributed by atoms with Crippen molar-refractivity contribution in [1.82, 2.24) is 9.97 Å². The fourth-order valence-corrected chi connectivity index (χ4v) is 4.19. The molecule has 2 heterocycles. The van der Waals surface area contributed by atoms with E-state index in [0.29, 0.717) is 17.1 Å². The number of anilines is 1. The predicted molar refractivity (Wildman–Crippen MR) is 81.3 cm³/mol. The van der Waals surface area contributed by atoms with Crippen LogP contribution in [0.4, 0.5) is 5.82 Å². The van der Waals surface area contributed by atoms with Crippen molar-refractivity contribution in [1.29, 1.82) is 0 Å². The summed E-state index contributed by atoms with van der Waals surface area (Å²) in [6.45, 7) is 1.14. The smallest absolute Gasteiger partial charge is 0.135 e. The van der Waals surface area contributed by atoms with Crippen LogP contribution in [0.2, 0.25) is 5.15 Å². The molecule has 0 amide bonds. The number of halogens is 1.